The van der Waals surface area contributed by atoms with Crippen LogP contribution in [0.15, 0.2) is 66.7 Å². The molecule has 1 amide bonds. The molecule has 3 aromatic carbocycles. The number of hydrogen-bond acceptors (Lipinski definition) is 3. The number of methoxy groups -OCH3 is 1. The van der Waals surface area contributed by atoms with Gasteiger partial charge in [-0.1, -0.05) is 31.2 Å². The first kappa shape index (κ1) is 19.8. The quantitative estimate of drug-likeness (QED) is 0.437. The Kier molecular flexibility index (Phi) is 5.61. The Morgan fingerprint density at radius 2 is 1.70 bits per heavy atom. The fourth-order valence-corrected chi connectivity index (χ4v) is 3.86. The van der Waals surface area contributed by atoms with Gasteiger partial charge in [-0.25, -0.2) is 0 Å². The summed E-state index contributed by atoms with van der Waals surface area (Å²) < 4.78 is 13.4. The lowest BCUT2D eigenvalue weighted by molar-refractivity contribution is -0.122. The first-order valence-electron chi connectivity index (χ1n) is 10.3. The largest absolute Gasteiger partial charge is 0.497 e. The number of aromatic nitrogens is 1. The zero-order valence-corrected chi connectivity index (χ0v) is 17.5. The van der Waals surface area contributed by atoms with Crippen LogP contribution in [-0.4, -0.2) is 23.7 Å². The van der Waals surface area contributed by atoms with Crippen LogP contribution in [0.2, 0.25) is 0 Å². The summed E-state index contributed by atoms with van der Waals surface area (Å²) >= 11 is 0. The van der Waals surface area contributed by atoms with Crippen LogP contribution in [0.25, 0.3) is 21.8 Å². The predicted molar refractivity (Wildman–Crippen MR) is 121 cm³/mol. The molecule has 0 spiro atoms. The van der Waals surface area contributed by atoms with E-state index in [1.807, 2.05) is 43.3 Å². The number of ether oxygens (including phenoxy) is 2. The standard InChI is InChI=1S/C25H26N2O3/c1-4-24(30-19-10-8-9-18(16-19)29-3)25(28)26-17-13-14-23-21(15-17)20-11-6-7-12-22(20)27(23)5-2/h6-16,24H,4-5H2,1-3H3,(H,26,28)/t24-/m1/s1. The number of benzene rings is 3. The molecular weight excluding hydrogens is 376 g/mol. The van der Waals surface area contributed by atoms with Crippen molar-refractivity contribution in [3.05, 3.63) is 66.7 Å². The van der Waals surface area contributed by atoms with Crippen molar-refractivity contribution >= 4 is 33.4 Å². The number of aryl methyl sites for hydroxylation is 1. The number of para-hydroxylation sites is 1. The summed E-state index contributed by atoms with van der Waals surface area (Å²) in [5, 5.41) is 5.34. The second kappa shape index (κ2) is 8.49. The molecule has 0 bridgehead atoms. The zero-order valence-electron chi connectivity index (χ0n) is 17.5. The van der Waals surface area contributed by atoms with Crippen molar-refractivity contribution in [2.45, 2.75) is 32.9 Å². The number of hydrogen-bond donors (Lipinski definition) is 1. The highest BCUT2D eigenvalue weighted by molar-refractivity contribution is 6.10. The van der Waals surface area contributed by atoms with Gasteiger partial charge in [-0.3, -0.25) is 4.79 Å². The van der Waals surface area contributed by atoms with Crippen molar-refractivity contribution in [2.75, 3.05) is 12.4 Å². The molecule has 5 nitrogen and oxygen atoms in total. The monoisotopic (exact) mass is 402 g/mol. The summed E-state index contributed by atoms with van der Waals surface area (Å²) in [6, 6.07) is 21.7. The van der Waals surface area contributed by atoms with Crippen LogP contribution in [0.3, 0.4) is 0 Å². The second-order valence-electron chi connectivity index (χ2n) is 7.18. The molecule has 1 aromatic heterocycles. The number of carbonyl (C=O) groups excluding carboxylic acids is 1. The Morgan fingerprint density at radius 3 is 2.47 bits per heavy atom. The molecule has 4 aromatic rings. The van der Waals surface area contributed by atoms with E-state index in [0.717, 1.165) is 23.1 Å². The molecule has 154 valence electrons. The smallest absolute Gasteiger partial charge is 0.265 e. The molecule has 0 aliphatic carbocycles. The minimum Gasteiger partial charge on any atom is -0.497 e. The highest BCUT2D eigenvalue weighted by atomic mass is 16.5. The van der Waals surface area contributed by atoms with Gasteiger partial charge in [0.15, 0.2) is 6.10 Å². The third-order valence-electron chi connectivity index (χ3n) is 5.34. The van der Waals surface area contributed by atoms with Crippen molar-refractivity contribution in [1.82, 2.24) is 4.57 Å². The van der Waals surface area contributed by atoms with Crippen molar-refractivity contribution in [3.8, 4) is 11.5 Å². The van der Waals surface area contributed by atoms with Crippen LogP contribution >= 0.6 is 0 Å². The van der Waals surface area contributed by atoms with E-state index in [4.69, 9.17) is 9.47 Å². The number of anilines is 1. The maximum Gasteiger partial charge on any atom is 0.265 e. The van der Waals surface area contributed by atoms with Gasteiger partial charge in [0, 0.05) is 40.1 Å². The molecule has 5 heteroatoms. The van der Waals surface area contributed by atoms with Crippen LogP contribution in [0, 0.1) is 0 Å². The van der Waals surface area contributed by atoms with Gasteiger partial charge in [-0.2, -0.15) is 0 Å². The molecule has 1 N–H and O–H groups in total. The lowest BCUT2D eigenvalue weighted by Crippen LogP contribution is -2.32. The first-order chi connectivity index (χ1) is 14.6. The lowest BCUT2D eigenvalue weighted by Gasteiger charge is -2.18. The molecule has 0 fully saturated rings. The van der Waals surface area contributed by atoms with Crippen LogP contribution in [-0.2, 0) is 11.3 Å². The number of nitrogens with zero attached hydrogens (tertiary/aromatic N) is 1. The normalized spacial score (nSPS) is 12.1. The predicted octanol–water partition coefficient (Wildman–Crippen LogP) is 5.62. The molecule has 0 saturated carbocycles. The van der Waals surface area contributed by atoms with Gasteiger partial charge in [-0.15, -0.1) is 0 Å². The molecule has 30 heavy (non-hydrogen) atoms. The van der Waals surface area contributed by atoms with Gasteiger partial charge in [-0.05, 0) is 49.7 Å². The first-order valence-corrected chi connectivity index (χ1v) is 10.3. The number of carbonyl (C=O) groups is 1. The zero-order chi connectivity index (χ0) is 21.1. The van der Waals surface area contributed by atoms with Gasteiger partial charge in [0.1, 0.15) is 11.5 Å². The summed E-state index contributed by atoms with van der Waals surface area (Å²) in [6.45, 7) is 4.97. The lowest BCUT2D eigenvalue weighted by atomic mass is 10.1. The molecule has 0 saturated heterocycles. The number of nitrogens with one attached hydrogen (secondary N) is 1. The van der Waals surface area contributed by atoms with Crippen molar-refractivity contribution in [1.29, 1.82) is 0 Å². The summed E-state index contributed by atoms with van der Waals surface area (Å²) in [6.07, 6.45) is -0.0368. The van der Waals surface area contributed by atoms with Gasteiger partial charge in [0.05, 0.1) is 7.11 Å². The highest BCUT2D eigenvalue weighted by Gasteiger charge is 2.19. The van der Waals surface area contributed by atoms with E-state index in [9.17, 15) is 4.79 Å². The SMILES string of the molecule is CC[C@@H](Oc1cccc(OC)c1)C(=O)Nc1ccc2c(c1)c1ccccc1n2CC. The average molecular weight is 402 g/mol. The topological polar surface area (TPSA) is 52.5 Å². The molecule has 0 unspecified atom stereocenters. The molecule has 1 heterocycles. The van der Waals surface area contributed by atoms with Crippen molar-refractivity contribution in [3.63, 3.8) is 0 Å². The van der Waals surface area contributed by atoms with E-state index in [1.54, 1.807) is 13.2 Å². The molecule has 0 radical (unpaired) electrons. The van der Waals surface area contributed by atoms with E-state index in [0.29, 0.717) is 17.9 Å². The maximum absolute atomic E-state index is 12.9. The Morgan fingerprint density at radius 1 is 0.933 bits per heavy atom. The van der Waals surface area contributed by atoms with Gasteiger partial charge >= 0.3 is 0 Å². The number of amides is 1. The molecule has 0 aliphatic rings. The minimum atomic E-state index is -0.593. The fourth-order valence-electron chi connectivity index (χ4n) is 3.86. The van der Waals surface area contributed by atoms with Crippen molar-refractivity contribution < 1.29 is 14.3 Å². The Hall–Kier alpha value is -3.47. The minimum absolute atomic E-state index is 0.168. The third kappa shape index (κ3) is 3.71. The molecule has 1 atom stereocenters. The second-order valence-corrected chi connectivity index (χ2v) is 7.18. The Bertz CT molecular complexity index is 1200. The molecule has 4 rings (SSSR count). The molecule has 0 aliphatic heterocycles. The van der Waals surface area contributed by atoms with Gasteiger partial charge < -0.3 is 19.4 Å². The van der Waals surface area contributed by atoms with E-state index in [1.165, 1.54) is 10.9 Å². The Balaban J connectivity index is 1.59. The van der Waals surface area contributed by atoms with E-state index < -0.39 is 6.10 Å². The van der Waals surface area contributed by atoms with Crippen molar-refractivity contribution in [2.24, 2.45) is 0 Å². The van der Waals surface area contributed by atoms with Gasteiger partial charge in [0.25, 0.3) is 5.91 Å². The third-order valence-corrected chi connectivity index (χ3v) is 5.34. The summed E-state index contributed by atoms with van der Waals surface area (Å²) in [4.78, 5) is 12.9. The van der Waals surface area contributed by atoms with Crippen LogP contribution in [0.4, 0.5) is 5.69 Å². The number of fused-ring (bicyclic) bond motifs is 3. The van der Waals surface area contributed by atoms with E-state index in [2.05, 4.69) is 41.1 Å². The summed E-state index contributed by atoms with van der Waals surface area (Å²) in [5.41, 5.74) is 3.13. The van der Waals surface area contributed by atoms with Crippen LogP contribution in [0.5, 0.6) is 11.5 Å². The molecular formula is C25H26N2O3. The summed E-state index contributed by atoms with van der Waals surface area (Å²) in [5.74, 6) is 1.14. The van der Waals surface area contributed by atoms with Gasteiger partial charge in [0.2, 0.25) is 0 Å². The van der Waals surface area contributed by atoms with Crippen LogP contribution < -0.4 is 14.8 Å². The Labute approximate surface area is 176 Å². The van der Waals surface area contributed by atoms with Crippen LogP contribution in [0.1, 0.15) is 20.3 Å². The van der Waals surface area contributed by atoms with E-state index >= 15 is 0 Å². The average Bonchev–Trinajstić information content (AvgIpc) is 3.10. The summed E-state index contributed by atoms with van der Waals surface area (Å²) in [7, 11) is 1.61. The highest BCUT2D eigenvalue weighted by Crippen LogP contribution is 2.31. The van der Waals surface area contributed by atoms with E-state index in [-0.39, 0.29) is 5.91 Å². The number of rotatable bonds is 7. The fraction of sp³-hybridized carbons (Fsp3) is 0.240. The maximum atomic E-state index is 12.9.